The Hall–Kier alpha value is -4.01. The number of nitrogens with one attached hydrogen (secondary N) is 2. The number of hydrogen-bond acceptors (Lipinski definition) is 7. The number of anilines is 2. The van der Waals surface area contributed by atoms with E-state index in [1.807, 2.05) is 36.4 Å². The summed E-state index contributed by atoms with van der Waals surface area (Å²) in [7, 11) is 1.35. The van der Waals surface area contributed by atoms with Crippen LogP contribution in [0.2, 0.25) is 0 Å². The zero-order valence-electron chi connectivity index (χ0n) is 17.7. The van der Waals surface area contributed by atoms with Crippen LogP contribution in [0.1, 0.15) is 24.4 Å². The van der Waals surface area contributed by atoms with Crippen LogP contribution in [0.15, 0.2) is 55.0 Å². The summed E-state index contributed by atoms with van der Waals surface area (Å²) in [6.07, 6.45) is 7.87. The van der Waals surface area contributed by atoms with Gasteiger partial charge in [0, 0.05) is 36.2 Å². The number of imidazole rings is 1. The van der Waals surface area contributed by atoms with Crippen LogP contribution in [-0.4, -0.2) is 44.3 Å². The van der Waals surface area contributed by atoms with Gasteiger partial charge in [0.1, 0.15) is 11.3 Å². The molecule has 162 valence electrons. The van der Waals surface area contributed by atoms with Crippen molar-refractivity contribution in [3.8, 4) is 11.4 Å². The Labute approximate surface area is 184 Å². The Kier molecular flexibility index (Phi) is 5.37. The minimum absolute atomic E-state index is 0.420. The van der Waals surface area contributed by atoms with Gasteiger partial charge in [-0.15, -0.1) is 0 Å². The molecule has 0 saturated heterocycles. The van der Waals surface area contributed by atoms with Crippen molar-refractivity contribution in [3.05, 3.63) is 60.6 Å². The van der Waals surface area contributed by atoms with Crippen LogP contribution in [0.25, 0.3) is 22.6 Å². The SMILES string of the molecule is COC(=O)NCCc1ccc(Nc2ncc3nc(-c4ccncc4)n(C4CC4)c3n2)cc1. The molecular weight excluding hydrogens is 406 g/mol. The van der Waals surface area contributed by atoms with Gasteiger partial charge in [0.05, 0.1) is 13.3 Å². The molecule has 0 spiro atoms. The first-order valence-electron chi connectivity index (χ1n) is 10.5. The van der Waals surface area contributed by atoms with Crippen molar-refractivity contribution in [2.24, 2.45) is 0 Å². The molecule has 32 heavy (non-hydrogen) atoms. The van der Waals surface area contributed by atoms with Crippen LogP contribution >= 0.6 is 0 Å². The fraction of sp³-hybridized carbons (Fsp3) is 0.261. The van der Waals surface area contributed by atoms with Crippen molar-refractivity contribution in [1.82, 2.24) is 29.8 Å². The van der Waals surface area contributed by atoms with Gasteiger partial charge in [-0.3, -0.25) is 4.98 Å². The first kappa shape index (κ1) is 19.9. The molecule has 1 aromatic carbocycles. The summed E-state index contributed by atoms with van der Waals surface area (Å²) in [5.41, 5.74) is 4.64. The predicted molar refractivity (Wildman–Crippen MR) is 121 cm³/mol. The summed E-state index contributed by atoms with van der Waals surface area (Å²) in [6, 6.07) is 12.3. The minimum Gasteiger partial charge on any atom is -0.453 e. The molecule has 0 bridgehead atoms. The minimum atomic E-state index is -0.423. The molecule has 4 aromatic rings. The summed E-state index contributed by atoms with van der Waals surface area (Å²) >= 11 is 0. The maximum absolute atomic E-state index is 11.1. The van der Waals surface area contributed by atoms with Crippen LogP contribution in [-0.2, 0) is 11.2 Å². The largest absolute Gasteiger partial charge is 0.453 e. The third-order valence-electron chi connectivity index (χ3n) is 5.36. The van der Waals surface area contributed by atoms with Crippen molar-refractivity contribution >= 4 is 28.9 Å². The highest BCUT2D eigenvalue weighted by atomic mass is 16.5. The molecule has 1 amide bonds. The Bertz CT molecular complexity index is 1230. The molecule has 0 atom stereocenters. The van der Waals surface area contributed by atoms with Crippen molar-refractivity contribution < 1.29 is 9.53 Å². The number of nitrogens with zero attached hydrogens (tertiary/aromatic N) is 5. The zero-order valence-corrected chi connectivity index (χ0v) is 17.7. The molecule has 1 aliphatic rings. The number of carbonyl (C=O) groups is 1. The summed E-state index contributed by atoms with van der Waals surface area (Å²) in [5.74, 6) is 1.43. The number of fused-ring (bicyclic) bond motifs is 1. The van der Waals surface area contributed by atoms with Crippen molar-refractivity contribution in [2.45, 2.75) is 25.3 Å². The van der Waals surface area contributed by atoms with Gasteiger partial charge >= 0.3 is 6.09 Å². The molecule has 2 N–H and O–H groups in total. The van der Waals surface area contributed by atoms with Gasteiger partial charge in [0.2, 0.25) is 5.95 Å². The summed E-state index contributed by atoms with van der Waals surface area (Å²) in [4.78, 5) is 29.3. The second-order valence-electron chi connectivity index (χ2n) is 7.67. The molecule has 1 aliphatic carbocycles. The number of benzene rings is 1. The average molecular weight is 429 g/mol. The first-order valence-corrected chi connectivity index (χ1v) is 10.5. The van der Waals surface area contributed by atoms with E-state index in [-0.39, 0.29) is 0 Å². The highest BCUT2D eigenvalue weighted by Crippen LogP contribution is 2.40. The fourth-order valence-corrected chi connectivity index (χ4v) is 3.60. The second kappa shape index (κ2) is 8.62. The number of aromatic nitrogens is 5. The van der Waals surface area contributed by atoms with Gasteiger partial charge < -0.3 is 19.9 Å². The number of rotatable bonds is 7. The number of hydrogen-bond donors (Lipinski definition) is 2. The standard InChI is InChI=1S/C23H23N7O2/c1-32-23(31)25-13-8-15-2-4-17(5-3-15)27-22-26-14-19-21(29-22)30(18-6-7-18)20(28-19)16-9-11-24-12-10-16/h2-5,9-12,14,18H,6-8,13H2,1H3,(H,25,31)(H,26,27,29). The number of alkyl carbamates (subject to hydrolysis) is 1. The lowest BCUT2D eigenvalue weighted by Gasteiger charge is -2.09. The number of ether oxygens (including phenoxy) is 1. The Morgan fingerprint density at radius 3 is 2.62 bits per heavy atom. The monoisotopic (exact) mass is 429 g/mol. The van der Waals surface area contributed by atoms with E-state index in [2.05, 4.69) is 29.9 Å². The van der Waals surface area contributed by atoms with Crippen LogP contribution in [0.4, 0.5) is 16.4 Å². The lowest BCUT2D eigenvalue weighted by Crippen LogP contribution is -2.25. The quantitative estimate of drug-likeness (QED) is 0.459. The lowest BCUT2D eigenvalue weighted by molar-refractivity contribution is 0.171. The molecule has 0 radical (unpaired) electrons. The van der Waals surface area contributed by atoms with Crippen LogP contribution < -0.4 is 10.6 Å². The van der Waals surface area contributed by atoms with E-state index < -0.39 is 6.09 Å². The van der Waals surface area contributed by atoms with E-state index >= 15 is 0 Å². The zero-order chi connectivity index (χ0) is 21.9. The van der Waals surface area contributed by atoms with E-state index in [1.165, 1.54) is 7.11 Å². The Morgan fingerprint density at radius 2 is 1.91 bits per heavy atom. The highest BCUT2D eigenvalue weighted by Gasteiger charge is 2.29. The number of carbonyl (C=O) groups excluding carboxylic acids is 1. The molecule has 5 rings (SSSR count). The molecule has 9 heteroatoms. The Balaban J connectivity index is 1.35. The highest BCUT2D eigenvalue weighted by molar-refractivity contribution is 5.78. The van der Waals surface area contributed by atoms with E-state index in [0.717, 1.165) is 53.1 Å². The maximum atomic E-state index is 11.1. The first-order chi connectivity index (χ1) is 15.7. The van der Waals surface area contributed by atoms with Gasteiger partial charge in [-0.2, -0.15) is 4.98 Å². The van der Waals surface area contributed by atoms with Crippen LogP contribution in [0.5, 0.6) is 0 Å². The van der Waals surface area contributed by atoms with Crippen molar-refractivity contribution in [1.29, 1.82) is 0 Å². The van der Waals surface area contributed by atoms with E-state index in [9.17, 15) is 4.79 Å². The van der Waals surface area contributed by atoms with Gasteiger partial charge in [-0.1, -0.05) is 12.1 Å². The molecule has 0 unspecified atom stereocenters. The molecule has 1 fully saturated rings. The predicted octanol–water partition coefficient (Wildman–Crippen LogP) is 3.87. The maximum Gasteiger partial charge on any atom is 0.406 e. The second-order valence-corrected chi connectivity index (χ2v) is 7.67. The van der Waals surface area contributed by atoms with Crippen LogP contribution in [0.3, 0.4) is 0 Å². The van der Waals surface area contributed by atoms with Gasteiger partial charge in [-0.25, -0.2) is 14.8 Å². The molecular formula is C23H23N7O2. The fourth-order valence-electron chi connectivity index (χ4n) is 3.60. The Morgan fingerprint density at radius 1 is 1.12 bits per heavy atom. The molecule has 0 aliphatic heterocycles. The van der Waals surface area contributed by atoms with E-state index in [0.29, 0.717) is 18.5 Å². The smallest absolute Gasteiger partial charge is 0.406 e. The topological polar surface area (TPSA) is 107 Å². The van der Waals surface area contributed by atoms with Crippen molar-refractivity contribution in [3.63, 3.8) is 0 Å². The molecule has 3 aromatic heterocycles. The van der Waals surface area contributed by atoms with Gasteiger partial charge in [0.15, 0.2) is 5.65 Å². The van der Waals surface area contributed by atoms with Crippen molar-refractivity contribution in [2.75, 3.05) is 19.0 Å². The summed E-state index contributed by atoms with van der Waals surface area (Å²) in [6.45, 7) is 0.518. The molecule has 1 saturated carbocycles. The summed E-state index contributed by atoms with van der Waals surface area (Å²) in [5, 5.41) is 5.96. The molecule has 9 nitrogen and oxygen atoms in total. The normalized spacial score (nSPS) is 13.2. The third-order valence-corrected chi connectivity index (χ3v) is 5.36. The number of amides is 1. The lowest BCUT2D eigenvalue weighted by atomic mass is 10.1. The summed E-state index contributed by atoms with van der Waals surface area (Å²) < 4.78 is 6.79. The van der Waals surface area contributed by atoms with Gasteiger partial charge in [-0.05, 0) is 49.1 Å². The third kappa shape index (κ3) is 4.22. The van der Waals surface area contributed by atoms with Crippen LogP contribution in [0, 0.1) is 0 Å². The molecule has 3 heterocycles. The van der Waals surface area contributed by atoms with Gasteiger partial charge in [0.25, 0.3) is 0 Å². The van der Waals surface area contributed by atoms with E-state index in [1.54, 1.807) is 18.6 Å². The average Bonchev–Trinajstić information content (AvgIpc) is 3.60. The number of methoxy groups -OCH3 is 1. The number of pyridine rings is 1. The van der Waals surface area contributed by atoms with E-state index in [4.69, 9.17) is 9.97 Å².